The average Bonchev–Trinajstić information content (AvgIpc) is 2.45. The van der Waals surface area contributed by atoms with Crippen LogP contribution in [0.15, 0.2) is 0 Å². The van der Waals surface area contributed by atoms with Gasteiger partial charge in [-0.05, 0) is 19.8 Å². The van der Waals surface area contributed by atoms with E-state index in [1.54, 1.807) is 4.31 Å². The molecule has 2 rings (SSSR count). The van der Waals surface area contributed by atoms with Gasteiger partial charge in [0.1, 0.15) is 0 Å². The highest BCUT2D eigenvalue weighted by molar-refractivity contribution is 7.88. The van der Waals surface area contributed by atoms with Crippen LogP contribution in [0, 0.1) is 0 Å². The maximum Gasteiger partial charge on any atom is 0.211 e. The second-order valence-electron chi connectivity index (χ2n) is 6.29. The molecule has 118 valence electrons. The van der Waals surface area contributed by atoms with Crippen molar-refractivity contribution in [2.75, 3.05) is 39.0 Å². The van der Waals surface area contributed by atoms with E-state index in [9.17, 15) is 8.42 Å². The third-order valence-electron chi connectivity index (χ3n) is 4.67. The first-order valence-corrected chi connectivity index (χ1v) is 9.74. The second-order valence-corrected chi connectivity index (χ2v) is 8.27. The number of nitrogens with zero attached hydrogens (tertiary/aromatic N) is 2. The van der Waals surface area contributed by atoms with Crippen LogP contribution in [0.2, 0.25) is 0 Å². The lowest BCUT2D eigenvalue weighted by Crippen LogP contribution is -2.53. The number of piperazine rings is 1. The van der Waals surface area contributed by atoms with E-state index in [1.807, 2.05) is 0 Å². The van der Waals surface area contributed by atoms with Crippen LogP contribution < -0.4 is 5.32 Å². The highest BCUT2D eigenvalue weighted by Gasteiger charge is 2.26. The van der Waals surface area contributed by atoms with Crippen molar-refractivity contribution in [2.24, 2.45) is 0 Å². The van der Waals surface area contributed by atoms with Gasteiger partial charge in [0, 0.05) is 44.8 Å². The van der Waals surface area contributed by atoms with Gasteiger partial charge >= 0.3 is 0 Å². The summed E-state index contributed by atoms with van der Waals surface area (Å²) in [7, 11) is -3.01. The summed E-state index contributed by atoms with van der Waals surface area (Å²) in [5.41, 5.74) is 0. The molecule has 0 aromatic rings. The fourth-order valence-corrected chi connectivity index (χ4v) is 4.08. The zero-order chi connectivity index (χ0) is 14.6. The SMILES string of the molecule is CC(CNC1CCCCC1)N1CCN(S(C)(=O)=O)CC1. The third kappa shape index (κ3) is 4.69. The molecule has 0 aromatic heterocycles. The normalized spacial score (nSPS) is 25.7. The van der Waals surface area contributed by atoms with Crippen LogP contribution in [0.25, 0.3) is 0 Å². The summed E-state index contributed by atoms with van der Waals surface area (Å²) in [6.45, 7) is 6.22. The molecule has 1 aliphatic carbocycles. The summed E-state index contributed by atoms with van der Waals surface area (Å²) in [6, 6.07) is 1.18. The Hall–Kier alpha value is -0.170. The van der Waals surface area contributed by atoms with Crippen LogP contribution in [0.4, 0.5) is 0 Å². The molecule has 20 heavy (non-hydrogen) atoms. The van der Waals surface area contributed by atoms with Gasteiger partial charge in [0.05, 0.1) is 6.26 Å². The molecule has 0 aromatic carbocycles. The largest absolute Gasteiger partial charge is 0.312 e. The topological polar surface area (TPSA) is 52.6 Å². The average molecular weight is 303 g/mol. The van der Waals surface area contributed by atoms with Gasteiger partial charge in [0.25, 0.3) is 0 Å². The fourth-order valence-electron chi connectivity index (χ4n) is 3.25. The molecule has 1 heterocycles. The second kappa shape index (κ2) is 7.20. The molecule has 1 saturated heterocycles. The van der Waals surface area contributed by atoms with Crippen LogP contribution in [-0.2, 0) is 10.0 Å². The molecule has 1 N–H and O–H groups in total. The molecule has 1 aliphatic heterocycles. The van der Waals surface area contributed by atoms with Crippen molar-refractivity contribution in [3.8, 4) is 0 Å². The number of sulfonamides is 1. The minimum absolute atomic E-state index is 0.485. The van der Waals surface area contributed by atoms with Crippen molar-refractivity contribution in [1.29, 1.82) is 0 Å². The Kier molecular flexibility index (Phi) is 5.84. The molecule has 0 amide bonds. The van der Waals surface area contributed by atoms with E-state index in [0.717, 1.165) is 19.6 Å². The number of hydrogen-bond acceptors (Lipinski definition) is 4. The zero-order valence-corrected chi connectivity index (χ0v) is 13.7. The molecule has 0 spiro atoms. The van der Waals surface area contributed by atoms with E-state index in [0.29, 0.717) is 25.2 Å². The predicted octanol–water partition coefficient (Wildman–Crippen LogP) is 0.874. The van der Waals surface area contributed by atoms with Crippen LogP contribution in [-0.4, -0.2) is 68.7 Å². The van der Waals surface area contributed by atoms with Gasteiger partial charge in [-0.2, -0.15) is 4.31 Å². The third-order valence-corrected chi connectivity index (χ3v) is 5.98. The number of hydrogen-bond donors (Lipinski definition) is 1. The first-order valence-electron chi connectivity index (χ1n) is 7.89. The van der Waals surface area contributed by atoms with Crippen molar-refractivity contribution >= 4 is 10.0 Å². The lowest BCUT2D eigenvalue weighted by atomic mass is 9.95. The highest BCUT2D eigenvalue weighted by Crippen LogP contribution is 2.17. The first kappa shape index (κ1) is 16.2. The maximum absolute atomic E-state index is 11.5. The zero-order valence-electron chi connectivity index (χ0n) is 12.8. The molecule has 1 atom stereocenters. The standard InChI is InChI=1S/C14H29N3O2S/c1-13(12-15-14-6-4-3-5-7-14)16-8-10-17(11-9-16)20(2,18)19/h13-15H,3-12H2,1-2H3. The summed E-state index contributed by atoms with van der Waals surface area (Å²) < 4.78 is 24.6. The fraction of sp³-hybridized carbons (Fsp3) is 1.00. The summed E-state index contributed by atoms with van der Waals surface area (Å²) in [4.78, 5) is 2.40. The summed E-state index contributed by atoms with van der Waals surface area (Å²) in [5.74, 6) is 0. The highest BCUT2D eigenvalue weighted by atomic mass is 32.2. The molecule has 5 nitrogen and oxygen atoms in total. The number of nitrogens with one attached hydrogen (secondary N) is 1. The summed E-state index contributed by atoms with van der Waals surface area (Å²) in [6.07, 6.45) is 8.04. The predicted molar refractivity (Wildman–Crippen MR) is 82.3 cm³/mol. The van der Waals surface area contributed by atoms with Crippen LogP contribution >= 0.6 is 0 Å². The quantitative estimate of drug-likeness (QED) is 0.819. The van der Waals surface area contributed by atoms with Gasteiger partial charge in [-0.25, -0.2) is 8.42 Å². The van der Waals surface area contributed by atoms with Crippen molar-refractivity contribution < 1.29 is 8.42 Å². The summed E-state index contributed by atoms with van der Waals surface area (Å²) >= 11 is 0. The Bertz CT molecular complexity index is 385. The van der Waals surface area contributed by atoms with E-state index in [4.69, 9.17) is 0 Å². The first-order chi connectivity index (χ1) is 9.47. The Morgan fingerprint density at radius 2 is 1.70 bits per heavy atom. The van der Waals surface area contributed by atoms with E-state index in [-0.39, 0.29) is 0 Å². The maximum atomic E-state index is 11.5. The molecule has 0 radical (unpaired) electrons. The Labute approximate surface area is 123 Å². The van der Waals surface area contributed by atoms with E-state index in [2.05, 4.69) is 17.1 Å². The molecule has 2 aliphatic rings. The van der Waals surface area contributed by atoms with Crippen molar-refractivity contribution in [2.45, 2.75) is 51.1 Å². The van der Waals surface area contributed by atoms with Crippen LogP contribution in [0.5, 0.6) is 0 Å². The Balaban J connectivity index is 1.70. The van der Waals surface area contributed by atoms with Crippen molar-refractivity contribution in [3.63, 3.8) is 0 Å². The molecule has 1 unspecified atom stereocenters. The van der Waals surface area contributed by atoms with E-state index in [1.165, 1.54) is 38.4 Å². The van der Waals surface area contributed by atoms with Crippen LogP contribution in [0.1, 0.15) is 39.0 Å². The minimum Gasteiger partial charge on any atom is -0.312 e. The molecular weight excluding hydrogens is 274 g/mol. The molecular formula is C14H29N3O2S. The monoisotopic (exact) mass is 303 g/mol. The number of rotatable bonds is 5. The molecule has 2 fully saturated rings. The van der Waals surface area contributed by atoms with E-state index < -0.39 is 10.0 Å². The van der Waals surface area contributed by atoms with Gasteiger partial charge in [-0.1, -0.05) is 19.3 Å². The Morgan fingerprint density at radius 1 is 1.10 bits per heavy atom. The lowest BCUT2D eigenvalue weighted by molar-refractivity contribution is 0.140. The van der Waals surface area contributed by atoms with Gasteiger partial charge in [-0.3, -0.25) is 4.90 Å². The Morgan fingerprint density at radius 3 is 2.25 bits per heavy atom. The van der Waals surface area contributed by atoms with Gasteiger partial charge in [-0.15, -0.1) is 0 Å². The van der Waals surface area contributed by atoms with Gasteiger partial charge in [0.15, 0.2) is 0 Å². The van der Waals surface area contributed by atoms with E-state index >= 15 is 0 Å². The minimum atomic E-state index is -3.01. The van der Waals surface area contributed by atoms with Gasteiger partial charge in [0.2, 0.25) is 10.0 Å². The molecule has 0 bridgehead atoms. The van der Waals surface area contributed by atoms with Crippen molar-refractivity contribution in [1.82, 2.24) is 14.5 Å². The summed E-state index contributed by atoms with van der Waals surface area (Å²) in [5, 5.41) is 3.69. The smallest absolute Gasteiger partial charge is 0.211 e. The molecule has 1 saturated carbocycles. The molecule has 6 heteroatoms. The van der Waals surface area contributed by atoms with Crippen molar-refractivity contribution in [3.05, 3.63) is 0 Å². The van der Waals surface area contributed by atoms with Crippen LogP contribution in [0.3, 0.4) is 0 Å². The van der Waals surface area contributed by atoms with Gasteiger partial charge < -0.3 is 5.32 Å². The lowest BCUT2D eigenvalue weighted by Gasteiger charge is -2.37.